The predicted octanol–water partition coefficient (Wildman–Crippen LogP) is -2.59. The first-order valence-electron chi connectivity index (χ1n) is 4.22. The zero-order valence-corrected chi connectivity index (χ0v) is 7.80. The molecular weight excluding hydrogens is 190 g/mol. The molecule has 0 aliphatic heterocycles. The van der Waals surface area contributed by atoms with Gasteiger partial charge in [-0.3, -0.25) is 4.79 Å². The van der Waals surface area contributed by atoms with E-state index in [4.69, 9.17) is 27.0 Å². The molecule has 0 aliphatic carbocycles. The topological polar surface area (TPSA) is 145 Å². The number of aliphatic hydroxyl groups excluding tert-OH is 1. The fourth-order valence-corrected chi connectivity index (χ4v) is 0.810. The normalized spacial score (nSPS) is 17.4. The molecule has 14 heavy (non-hydrogen) atoms. The van der Waals surface area contributed by atoms with Crippen molar-refractivity contribution in [1.29, 1.82) is 0 Å². The Kier molecular flexibility index (Phi) is 6.34. The molecule has 0 aromatic heterocycles. The molecule has 2 unspecified atom stereocenters. The van der Waals surface area contributed by atoms with Crippen LogP contribution in [-0.2, 0) is 9.53 Å². The van der Waals surface area contributed by atoms with Crippen LogP contribution in [0.5, 0.6) is 0 Å². The van der Waals surface area contributed by atoms with Gasteiger partial charge in [0.2, 0.25) is 0 Å². The molecular formula is C7H17N3O4. The minimum absolute atomic E-state index is 0.152. The summed E-state index contributed by atoms with van der Waals surface area (Å²) in [6, 6.07) is -1.14. The van der Waals surface area contributed by atoms with Gasteiger partial charge in [0.25, 0.3) is 0 Å². The van der Waals surface area contributed by atoms with Crippen LogP contribution in [0, 0.1) is 0 Å². The van der Waals surface area contributed by atoms with Crippen LogP contribution in [-0.4, -0.2) is 47.7 Å². The van der Waals surface area contributed by atoms with Crippen LogP contribution < -0.4 is 17.2 Å². The van der Waals surface area contributed by atoms with Crippen LogP contribution in [0.25, 0.3) is 0 Å². The van der Waals surface area contributed by atoms with Crippen molar-refractivity contribution in [3.8, 4) is 0 Å². The second-order valence-corrected chi connectivity index (χ2v) is 2.87. The van der Waals surface area contributed by atoms with E-state index in [0.29, 0.717) is 0 Å². The molecule has 3 atom stereocenters. The van der Waals surface area contributed by atoms with Crippen LogP contribution in [0.15, 0.2) is 0 Å². The molecule has 0 radical (unpaired) electrons. The molecule has 0 fully saturated rings. The van der Waals surface area contributed by atoms with Gasteiger partial charge in [-0.25, -0.2) is 0 Å². The summed E-state index contributed by atoms with van der Waals surface area (Å²) in [5, 5.41) is 17.8. The van der Waals surface area contributed by atoms with E-state index in [1.54, 1.807) is 0 Å². The summed E-state index contributed by atoms with van der Waals surface area (Å²) in [4.78, 5) is 10.3. The molecule has 0 saturated carbocycles. The molecule has 7 nitrogen and oxygen atoms in total. The first-order chi connectivity index (χ1) is 6.49. The fraction of sp³-hybridized carbons (Fsp3) is 0.857. The summed E-state index contributed by atoms with van der Waals surface area (Å²) in [6.45, 7) is 0.492. The number of carboxylic acid groups (broad SMARTS) is 1. The van der Waals surface area contributed by atoms with Crippen LogP contribution in [0.2, 0.25) is 0 Å². The van der Waals surface area contributed by atoms with Crippen molar-refractivity contribution in [1.82, 2.24) is 0 Å². The Balaban J connectivity index is 3.81. The van der Waals surface area contributed by atoms with Gasteiger partial charge in [-0.1, -0.05) is 0 Å². The lowest BCUT2D eigenvalue weighted by Gasteiger charge is -2.20. The van der Waals surface area contributed by atoms with Crippen molar-refractivity contribution in [2.75, 3.05) is 13.2 Å². The summed E-state index contributed by atoms with van der Waals surface area (Å²) in [6.07, 6.45) is -2.21. The summed E-state index contributed by atoms with van der Waals surface area (Å²) in [5.41, 5.74) is 15.7. The lowest BCUT2D eigenvalue weighted by atomic mass is 10.1. The Morgan fingerprint density at radius 2 is 2.00 bits per heavy atom. The van der Waals surface area contributed by atoms with E-state index < -0.39 is 24.3 Å². The average Bonchev–Trinajstić information content (AvgIpc) is 2.13. The summed E-state index contributed by atoms with van der Waals surface area (Å²) < 4.78 is 4.89. The summed E-state index contributed by atoms with van der Waals surface area (Å²) >= 11 is 0. The smallest absolute Gasteiger partial charge is 0.320 e. The zero-order valence-electron chi connectivity index (χ0n) is 7.80. The molecule has 0 aliphatic rings. The highest BCUT2D eigenvalue weighted by Gasteiger charge is 2.22. The third kappa shape index (κ3) is 5.10. The molecule has 84 valence electrons. The summed E-state index contributed by atoms with van der Waals surface area (Å²) in [5.74, 6) is -1.19. The predicted molar refractivity (Wildman–Crippen MR) is 49.2 cm³/mol. The number of ether oxygens (including phenoxy) is 1. The van der Waals surface area contributed by atoms with Gasteiger partial charge in [-0.2, -0.15) is 0 Å². The van der Waals surface area contributed by atoms with Crippen LogP contribution >= 0.6 is 0 Å². The van der Waals surface area contributed by atoms with E-state index in [9.17, 15) is 9.90 Å². The monoisotopic (exact) mass is 207 g/mol. The van der Waals surface area contributed by atoms with Gasteiger partial charge in [0.15, 0.2) is 0 Å². The number of nitrogens with two attached hydrogens (primary N) is 3. The Morgan fingerprint density at radius 1 is 1.43 bits per heavy atom. The highest BCUT2D eigenvalue weighted by molar-refractivity contribution is 5.73. The van der Waals surface area contributed by atoms with E-state index in [-0.39, 0.29) is 19.6 Å². The van der Waals surface area contributed by atoms with Crippen molar-refractivity contribution in [3.05, 3.63) is 0 Å². The molecule has 0 saturated heterocycles. The first kappa shape index (κ1) is 13.3. The number of hydrogen-bond donors (Lipinski definition) is 5. The Morgan fingerprint density at radius 3 is 2.43 bits per heavy atom. The maximum absolute atomic E-state index is 10.3. The van der Waals surface area contributed by atoms with Gasteiger partial charge in [0.05, 0.1) is 12.7 Å². The van der Waals surface area contributed by atoms with E-state index >= 15 is 0 Å². The quantitative estimate of drug-likeness (QED) is 0.288. The molecule has 0 heterocycles. The van der Waals surface area contributed by atoms with E-state index in [2.05, 4.69) is 0 Å². The third-order valence-corrected chi connectivity index (χ3v) is 1.62. The minimum Gasteiger partial charge on any atom is -0.480 e. The lowest BCUT2D eigenvalue weighted by Crippen LogP contribution is -2.44. The Hall–Kier alpha value is -0.730. The van der Waals surface area contributed by atoms with E-state index in [1.165, 1.54) is 0 Å². The molecule has 0 rings (SSSR count). The molecule has 0 spiro atoms. The van der Waals surface area contributed by atoms with Crippen LogP contribution in [0.1, 0.15) is 6.42 Å². The van der Waals surface area contributed by atoms with Gasteiger partial charge in [0.1, 0.15) is 12.3 Å². The van der Waals surface area contributed by atoms with Crippen molar-refractivity contribution in [2.45, 2.75) is 24.8 Å². The second-order valence-electron chi connectivity index (χ2n) is 2.87. The first-order valence-corrected chi connectivity index (χ1v) is 4.22. The molecule has 8 N–H and O–H groups in total. The SMILES string of the molecule is NCCOC(N)C(O)C[C@@H](N)C(=O)O. The maximum atomic E-state index is 10.3. The number of rotatable bonds is 7. The highest BCUT2D eigenvalue weighted by Crippen LogP contribution is 2.01. The Bertz CT molecular complexity index is 178. The van der Waals surface area contributed by atoms with E-state index in [1.807, 2.05) is 0 Å². The maximum Gasteiger partial charge on any atom is 0.320 e. The fourth-order valence-electron chi connectivity index (χ4n) is 0.810. The summed E-state index contributed by atoms with van der Waals surface area (Å²) in [7, 11) is 0. The van der Waals surface area contributed by atoms with Crippen molar-refractivity contribution in [2.24, 2.45) is 17.2 Å². The minimum atomic E-state index is -1.19. The standard InChI is InChI=1S/C7H17N3O4/c8-1-2-14-6(10)5(11)3-4(9)7(12)13/h4-6,11H,1-3,8-10H2,(H,12,13)/t4-,5?,6?/m1/s1. The van der Waals surface area contributed by atoms with Crippen molar-refractivity contribution < 1.29 is 19.7 Å². The number of carboxylic acids is 1. The van der Waals surface area contributed by atoms with Crippen LogP contribution in [0.4, 0.5) is 0 Å². The number of carbonyl (C=O) groups is 1. The van der Waals surface area contributed by atoms with Gasteiger partial charge >= 0.3 is 5.97 Å². The number of aliphatic carboxylic acids is 1. The number of hydrogen-bond acceptors (Lipinski definition) is 6. The molecule has 0 amide bonds. The van der Waals surface area contributed by atoms with Gasteiger partial charge in [0, 0.05) is 13.0 Å². The van der Waals surface area contributed by atoms with Crippen LogP contribution in [0.3, 0.4) is 0 Å². The zero-order chi connectivity index (χ0) is 11.1. The molecule has 0 bridgehead atoms. The third-order valence-electron chi connectivity index (χ3n) is 1.62. The molecule has 0 aromatic rings. The lowest BCUT2D eigenvalue weighted by molar-refractivity contribution is -0.140. The molecule has 7 heteroatoms. The number of aliphatic hydroxyl groups is 1. The van der Waals surface area contributed by atoms with Gasteiger partial charge in [-0.15, -0.1) is 0 Å². The van der Waals surface area contributed by atoms with Gasteiger partial charge < -0.3 is 32.2 Å². The Labute approximate surface area is 81.8 Å². The van der Waals surface area contributed by atoms with Gasteiger partial charge in [-0.05, 0) is 0 Å². The average molecular weight is 207 g/mol. The van der Waals surface area contributed by atoms with E-state index in [0.717, 1.165) is 0 Å². The van der Waals surface area contributed by atoms with Crippen molar-refractivity contribution in [3.63, 3.8) is 0 Å². The van der Waals surface area contributed by atoms with Crippen molar-refractivity contribution >= 4 is 5.97 Å². The highest BCUT2D eigenvalue weighted by atomic mass is 16.5. The molecule has 0 aromatic carbocycles. The largest absolute Gasteiger partial charge is 0.480 e. The second kappa shape index (κ2) is 6.68.